The van der Waals surface area contributed by atoms with Gasteiger partial charge in [-0.05, 0) is 19.1 Å². The predicted octanol–water partition coefficient (Wildman–Crippen LogP) is 1.12. The average Bonchev–Trinajstić information content (AvgIpc) is 2.86. The van der Waals surface area contributed by atoms with E-state index in [2.05, 4.69) is 20.7 Å². The van der Waals surface area contributed by atoms with E-state index in [4.69, 9.17) is 4.74 Å². The maximum Gasteiger partial charge on any atom is 0.249 e. The number of fused-ring (bicyclic) bond motifs is 1. The van der Waals surface area contributed by atoms with Crippen LogP contribution in [-0.2, 0) is 9.59 Å². The van der Waals surface area contributed by atoms with Crippen molar-refractivity contribution in [3.8, 4) is 5.75 Å². The molecule has 0 spiro atoms. The molecule has 2 amide bonds. The second-order valence-corrected chi connectivity index (χ2v) is 4.92. The third-order valence-corrected chi connectivity index (χ3v) is 3.30. The van der Waals surface area contributed by atoms with Gasteiger partial charge in [-0.25, -0.2) is 4.68 Å². The topological polar surface area (TPSA) is 98.1 Å². The Balaban J connectivity index is 1.84. The summed E-state index contributed by atoms with van der Waals surface area (Å²) in [6.45, 7) is 1.70. The SMILES string of the molecule is COc1cccc(NC(=O)C2CC(=O)Nc3nc(C)nn32)c1. The van der Waals surface area contributed by atoms with Crippen molar-refractivity contribution in [1.29, 1.82) is 0 Å². The quantitative estimate of drug-likeness (QED) is 0.885. The van der Waals surface area contributed by atoms with Crippen molar-refractivity contribution in [2.75, 3.05) is 17.7 Å². The first kappa shape index (κ1) is 14.1. The lowest BCUT2D eigenvalue weighted by molar-refractivity contribution is -0.125. The molecule has 1 aromatic carbocycles. The number of aromatic nitrogens is 3. The van der Waals surface area contributed by atoms with Crippen molar-refractivity contribution >= 4 is 23.5 Å². The molecule has 1 unspecified atom stereocenters. The fourth-order valence-electron chi connectivity index (χ4n) is 2.30. The Kier molecular flexibility index (Phi) is 3.50. The van der Waals surface area contributed by atoms with E-state index < -0.39 is 6.04 Å². The lowest BCUT2D eigenvalue weighted by atomic mass is 10.1. The lowest BCUT2D eigenvalue weighted by Crippen LogP contribution is -2.36. The van der Waals surface area contributed by atoms with Crippen LogP contribution in [0.25, 0.3) is 0 Å². The lowest BCUT2D eigenvalue weighted by Gasteiger charge is -2.22. The van der Waals surface area contributed by atoms with Gasteiger partial charge in [-0.3, -0.25) is 14.9 Å². The number of anilines is 2. The van der Waals surface area contributed by atoms with Gasteiger partial charge in [0, 0.05) is 11.8 Å². The highest BCUT2D eigenvalue weighted by molar-refractivity contribution is 6.00. The van der Waals surface area contributed by atoms with E-state index in [-0.39, 0.29) is 18.2 Å². The monoisotopic (exact) mass is 301 g/mol. The number of nitrogens with zero attached hydrogens (tertiary/aromatic N) is 3. The van der Waals surface area contributed by atoms with E-state index >= 15 is 0 Å². The van der Waals surface area contributed by atoms with E-state index in [0.29, 0.717) is 23.2 Å². The molecule has 1 aromatic heterocycles. The van der Waals surface area contributed by atoms with E-state index in [1.54, 1.807) is 38.3 Å². The molecule has 0 aliphatic carbocycles. The van der Waals surface area contributed by atoms with E-state index in [9.17, 15) is 9.59 Å². The van der Waals surface area contributed by atoms with Crippen molar-refractivity contribution in [1.82, 2.24) is 14.8 Å². The van der Waals surface area contributed by atoms with Crippen LogP contribution in [0.2, 0.25) is 0 Å². The number of amides is 2. The predicted molar refractivity (Wildman–Crippen MR) is 78.7 cm³/mol. The summed E-state index contributed by atoms with van der Waals surface area (Å²) in [5.41, 5.74) is 0.591. The Hall–Kier alpha value is -2.90. The molecular formula is C14H15N5O3. The first-order chi connectivity index (χ1) is 10.6. The molecular weight excluding hydrogens is 286 g/mol. The summed E-state index contributed by atoms with van der Waals surface area (Å²) >= 11 is 0. The molecule has 1 atom stereocenters. The minimum Gasteiger partial charge on any atom is -0.497 e. The molecule has 0 bridgehead atoms. The second kappa shape index (κ2) is 5.47. The second-order valence-electron chi connectivity index (χ2n) is 4.92. The number of nitrogens with one attached hydrogen (secondary N) is 2. The molecule has 22 heavy (non-hydrogen) atoms. The van der Waals surface area contributed by atoms with Crippen molar-refractivity contribution in [3.63, 3.8) is 0 Å². The Morgan fingerprint density at radius 3 is 3.09 bits per heavy atom. The number of carbonyl (C=O) groups is 2. The van der Waals surface area contributed by atoms with Gasteiger partial charge in [0.05, 0.1) is 13.5 Å². The first-order valence-corrected chi connectivity index (χ1v) is 6.75. The molecule has 0 saturated heterocycles. The van der Waals surface area contributed by atoms with Gasteiger partial charge in [-0.2, -0.15) is 10.1 Å². The standard InChI is InChI=1S/C14H15N5O3/c1-8-15-14-17-12(20)7-11(19(14)18-8)13(21)16-9-4-3-5-10(6-9)22-2/h3-6,11H,7H2,1-2H3,(H,16,21)(H,15,17,18,20). The fraction of sp³-hybridized carbons (Fsp3) is 0.286. The zero-order valence-electron chi connectivity index (χ0n) is 12.2. The summed E-state index contributed by atoms with van der Waals surface area (Å²) in [6, 6.07) is 6.27. The molecule has 2 heterocycles. The van der Waals surface area contributed by atoms with Crippen molar-refractivity contribution in [2.24, 2.45) is 0 Å². The minimum absolute atomic E-state index is 0.0194. The van der Waals surface area contributed by atoms with Gasteiger partial charge in [0.2, 0.25) is 17.8 Å². The molecule has 2 aromatic rings. The van der Waals surface area contributed by atoms with E-state index in [0.717, 1.165) is 0 Å². The number of hydrogen-bond acceptors (Lipinski definition) is 5. The van der Waals surface area contributed by atoms with Gasteiger partial charge in [0.15, 0.2) is 0 Å². The van der Waals surface area contributed by atoms with Gasteiger partial charge in [-0.15, -0.1) is 0 Å². The number of aryl methyl sites for hydroxylation is 1. The Morgan fingerprint density at radius 2 is 2.32 bits per heavy atom. The molecule has 8 nitrogen and oxygen atoms in total. The minimum atomic E-state index is -0.726. The fourth-order valence-corrected chi connectivity index (χ4v) is 2.30. The van der Waals surface area contributed by atoms with Crippen LogP contribution in [0.1, 0.15) is 18.3 Å². The van der Waals surface area contributed by atoms with Crippen LogP contribution in [0, 0.1) is 6.92 Å². The zero-order chi connectivity index (χ0) is 15.7. The Labute approximate surface area is 126 Å². The van der Waals surface area contributed by atoms with E-state index in [1.807, 2.05) is 0 Å². The molecule has 0 saturated carbocycles. The highest BCUT2D eigenvalue weighted by atomic mass is 16.5. The molecule has 114 valence electrons. The number of benzene rings is 1. The summed E-state index contributed by atoms with van der Waals surface area (Å²) < 4.78 is 6.55. The Bertz CT molecular complexity index is 740. The number of carbonyl (C=O) groups excluding carboxylic acids is 2. The number of hydrogen-bond donors (Lipinski definition) is 2. The summed E-state index contributed by atoms with van der Waals surface area (Å²) in [7, 11) is 1.55. The number of methoxy groups -OCH3 is 1. The van der Waals surface area contributed by atoms with Crippen LogP contribution in [0.4, 0.5) is 11.6 Å². The van der Waals surface area contributed by atoms with Crippen LogP contribution >= 0.6 is 0 Å². The van der Waals surface area contributed by atoms with Crippen LogP contribution in [0.3, 0.4) is 0 Å². The third kappa shape index (κ3) is 2.62. The molecule has 0 fully saturated rings. The summed E-state index contributed by atoms with van der Waals surface area (Å²) in [4.78, 5) is 28.3. The molecule has 1 aliphatic rings. The van der Waals surface area contributed by atoms with Gasteiger partial charge >= 0.3 is 0 Å². The number of ether oxygens (including phenoxy) is 1. The first-order valence-electron chi connectivity index (χ1n) is 6.75. The maximum absolute atomic E-state index is 12.5. The van der Waals surface area contributed by atoms with Crippen LogP contribution in [-0.4, -0.2) is 33.7 Å². The van der Waals surface area contributed by atoms with Crippen LogP contribution < -0.4 is 15.4 Å². The summed E-state index contributed by atoms with van der Waals surface area (Å²) in [5.74, 6) is 0.840. The van der Waals surface area contributed by atoms with Gasteiger partial charge in [0.25, 0.3) is 0 Å². The molecule has 1 aliphatic heterocycles. The van der Waals surface area contributed by atoms with Gasteiger partial charge in [-0.1, -0.05) is 6.07 Å². The zero-order valence-corrected chi connectivity index (χ0v) is 12.2. The van der Waals surface area contributed by atoms with Crippen molar-refractivity contribution in [3.05, 3.63) is 30.1 Å². The third-order valence-electron chi connectivity index (χ3n) is 3.30. The van der Waals surface area contributed by atoms with E-state index in [1.165, 1.54) is 4.68 Å². The van der Waals surface area contributed by atoms with Crippen LogP contribution in [0.15, 0.2) is 24.3 Å². The normalized spacial score (nSPS) is 16.6. The highest BCUT2D eigenvalue weighted by Gasteiger charge is 2.32. The maximum atomic E-state index is 12.5. The van der Waals surface area contributed by atoms with Gasteiger partial charge in [0.1, 0.15) is 17.6 Å². The summed E-state index contributed by atoms with van der Waals surface area (Å²) in [5, 5.41) is 9.54. The molecule has 3 rings (SSSR count). The average molecular weight is 301 g/mol. The van der Waals surface area contributed by atoms with Crippen LogP contribution in [0.5, 0.6) is 5.75 Å². The number of rotatable bonds is 3. The molecule has 8 heteroatoms. The van der Waals surface area contributed by atoms with Crippen molar-refractivity contribution in [2.45, 2.75) is 19.4 Å². The smallest absolute Gasteiger partial charge is 0.249 e. The molecule has 2 N–H and O–H groups in total. The Morgan fingerprint density at radius 1 is 1.50 bits per heavy atom. The van der Waals surface area contributed by atoms with Crippen molar-refractivity contribution < 1.29 is 14.3 Å². The summed E-state index contributed by atoms with van der Waals surface area (Å²) in [6.07, 6.45) is 0.0194. The molecule has 0 radical (unpaired) electrons. The van der Waals surface area contributed by atoms with Gasteiger partial charge < -0.3 is 10.1 Å². The highest BCUT2D eigenvalue weighted by Crippen LogP contribution is 2.25. The largest absolute Gasteiger partial charge is 0.497 e.